The minimum absolute atomic E-state index is 0.444. The number of alkyl halides is 1. The second kappa shape index (κ2) is 5.05. The molecule has 1 heterocycles. The third kappa shape index (κ3) is 2.43. The average Bonchev–Trinajstić information content (AvgIpc) is 2.32. The largest absolute Gasteiger partial charge is 0.345 e. The number of rotatable bonds is 2. The summed E-state index contributed by atoms with van der Waals surface area (Å²) < 4.78 is 11.7. The third-order valence-electron chi connectivity index (χ3n) is 2.66. The topological polar surface area (TPSA) is 18.5 Å². The molecule has 1 aliphatic rings. The van der Waals surface area contributed by atoms with Gasteiger partial charge in [-0.15, -0.1) is 0 Å². The molecule has 0 amide bonds. The van der Waals surface area contributed by atoms with Crippen LogP contribution in [0.3, 0.4) is 0 Å². The molecule has 1 aliphatic heterocycles. The highest BCUT2D eigenvalue weighted by Gasteiger charge is 2.37. The number of hydrogen-bond donors (Lipinski definition) is 0. The lowest BCUT2D eigenvalue weighted by Crippen LogP contribution is -2.42. The lowest BCUT2D eigenvalue weighted by atomic mass is 10.1. The van der Waals surface area contributed by atoms with Gasteiger partial charge < -0.3 is 9.47 Å². The molecule has 4 heteroatoms. The quantitative estimate of drug-likeness (QED) is 0.778. The Morgan fingerprint density at radius 2 is 1.88 bits per heavy atom. The van der Waals surface area contributed by atoms with Crippen LogP contribution in [0.4, 0.5) is 0 Å². The van der Waals surface area contributed by atoms with Crippen LogP contribution < -0.4 is 0 Å². The summed E-state index contributed by atoms with van der Waals surface area (Å²) in [5.41, 5.74) is 1.00. The van der Waals surface area contributed by atoms with Crippen molar-refractivity contribution in [1.29, 1.82) is 0 Å². The lowest BCUT2D eigenvalue weighted by molar-refractivity contribution is -0.275. The summed E-state index contributed by atoms with van der Waals surface area (Å²) >= 11 is 9.33. The maximum Gasteiger partial charge on any atom is 0.204 e. The maximum atomic E-state index is 5.87. The van der Waals surface area contributed by atoms with Gasteiger partial charge in [0, 0.05) is 16.5 Å². The predicted molar refractivity (Wildman–Crippen MR) is 68.0 cm³/mol. The summed E-state index contributed by atoms with van der Waals surface area (Å²) in [7, 11) is 0. The molecule has 1 saturated heterocycles. The van der Waals surface area contributed by atoms with Crippen molar-refractivity contribution in [2.45, 2.75) is 12.7 Å². The van der Waals surface area contributed by atoms with Crippen LogP contribution in [0.2, 0.25) is 5.02 Å². The molecule has 0 atom stereocenters. The van der Waals surface area contributed by atoms with E-state index < -0.39 is 5.79 Å². The highest BCUT2D eigenvalue weighted by atomic mass is 79.9. The van der Waals surface area contributed by atoms with E-state index in [1.54, 1.807) is 0 Å². The molecule has 0 radical (unpaired) electrons. The van der Waals surface area contributed by atoms with Gasteiger partial charge in [-0.05, 0) is 12.1 Å². The van der Waals surface area contributed by atoms with Gasteiger partial charge in [0.15, 0.2) is 0 Å². The monoisotopic (exact) mass is 304 g/mol. The first-order valence-electron chi connectivity index (χ1n) is 5.26. The van der Waals surface area contributed by atoms with E-state index in [1.165, 1.54) is 0 Å². The van der Waals surface area contributed by atoms with E-state index in [9.17, 15) is 0 Å². The van der Waals surface area contributed by atoms with Crippen LogP contribution in [-0.2, 0) is 15.3 Å². The van der Waals surface area contributed by atoms with Crippen molar-refractivity contribution in [2.75, 3.05) is 18.5 Å². The lowest BCUT2D eigenvalue weighted by Gasteiger charge is -2.38. The van der Waals surface area contributed by atoms with E-state index in [2.05, 4.69) is 22.9 Å². The van der Waals surface area contributed by atoms with E-state index in [0.29, 0.717) is 24.5 Å². The summed E-state index contributed by atoms with van der Waals surface area (Å²) in [6.45, 7) is 3.54. The molecule has 0 saturated carbocycles. The maximum absolute atomic E-state index is 5.87. The molecule has 1 fully saturated rings. The van der Waals surface area contributed by atoms with Crippen molar-refractivity contribution in [2.24, 2.45) is 5.92 Å². The fourth-order valence-electron chi connectivity index (χ4n) is 1.67. The number of halogens is 2. The van der Waals surface area contributed by atoms with Gasteiger partial charge in [-0.3, -0.25) is 0 Å². The third-order valence-corrected chi connectivity index (χ3v) is 3.65. The zero-order valence-electron chi connectivity index (χ0n) is 9.08. The second-order valence-electron chi connectivity index (χ2n) is 4.12. The first kappa shape index (κ1) is 12.4. The van der Waals surface area contributed by atoms with Crippen molar-refractivity contribution in [3.63, 3.8) is 0 Å². The smallest absolute Gasteiger partial charge is 0.204 e. The SMILES string of the molecule is CC1COC(CBr)(c2ccc(Cl)cc2)OC1. The predicted octanol–water partition coefficient (Wildman–Crippen LogP) is 3.57. The van der Waals surface area contributed by atoms with Gasteiger partial charge in [-0.2, -0.15) is 0 Å². The minimum atomic E-state index is -0.656. The van der Waals surface area contributed by atoms with E-state index in [1.807, 2.05) is 24.3 Å². The minimum Gasteiger partial charge on any atom is -0.345 e. The van der Waals surface area contributed by atoms with Crippen LogP contribution in [0.25, 0.3) is 0 Å². The Balaban J connectivity index is 2.24. The standard InChI is InChI=1S/C12H14BrClO2/c1-9-6-15-12(8-13,16-7-9)10-2-4-11(14)5-3-10/h2-5,9H,6-8H2,1H3. The van der Waals surface area contributed by atoms with Gasteiger partial charge in [0.25, 0.3) is 0 Å². The second-order valence-corrected chi connectivity index (χ2v) is 5.12. The number of hydrogen-bond acceptors (Lipinski definition) is 2. The average molecular weight is 306 g/mol. The first-order chi connectivity index (χ1) is 7.66. The molecule has 0 bridgehead atoms. The Hall–Kier alpha value is -0.0900. The molecular formula is C12H14BrClO2. The molecule has 16 heavy (non-hydrogen) atoms. The molecular weight excluding hydrogens is 291 g/mol. The van der Waals surface area contributed by atoms with E-state index in [0.717, 1.165) is 10.6 Å². The molecule has 2 rings (SSSR count). The Kier molecular flexibility index (Phi) is 3.90. The van der Waals surface area contributed by atoms with Crippen LogP contribution >= 0.6 is 27.5 Å². The van der Waals surface area contributed by atoms with Gasteiger partial charge in [0.2, 0.25) is 5.79 Å². The van der Waals surface area contributed by atoms with E-state index in [4.69, 9.17) is 21.1 Å². The Morgan fingerprint density at radius 3 is 2.38 bits per heavy atom. The molecule has 0 spiro atoms. The fourth-order valence-corrected chi connectivity index (χ4v) is 2.44. The zero-order valence-corrected chi connectivity index (χ0v) is 11.4. The van der Waals surface area contributed by atoms with Crippen LogP contribution in [0, 0.1) is 5.92 Å². The van der Waals surface area contributed by atoms with Crippen LogP contribution in [0.15, 0.2) is 24.3 Å². The Morgan fingerprint density at radius 1 is 1.31 bits per heavy atom. The van der Waals surface area contributed by atoms with Gasteiger partial charge in [-0.1, -0.05) is 46.6 Å². The summed E-state index contributed by atoms with van der Waals surface area (Å²) in [6, 6.07) is 7.59. The summed E-state index contributed by atoms with van der Waals surface area (Å²) in [5.74, 6) is -0.212. The summed E-state index contributed by atoms with van der Waals surface area (Å²) in [4.78, 5) is 0. The van der Waals surface area contributed by atoms with Gasteiger partial charge in [-0.25, -0.2) is 0 Å². The van der Waals surface area contributed by atoms with Crippen LogP contribution in [0.1, 0.15) is 12.5 Å². The molecule has 0 N–H and O–H groups in total. The number of benzene rings is 1. The molecule has 0 unspecified atom stereocenters. The van der Waals surface area contributed by atoms with Gasteiger partial charge >= 0.3 is 0 Å². The summed E-state index contributed by atoms with van der Waals surface area (Å²) in [6.07, 6.45) is 0. The molecule has 1 aromatic carbocycles. The molecule has 88 valence electrons. The van der Waals surface area contributed by atoms with Gasteiger partial charge in [0.1, 0.15) is 0 Å². The molecule has 0 aliphatic carbocycles. The molecule has 0 aromatic heterocycles. The van der Waals surface area contributed by atoms with Crippen LogP contribution in [-0.4, -0.2) is 18.5 Å². The van der Waals surface area contributed by atoms with Crippen molar-refractivity contribution in [3.05, 3.63) is 34.9 Å². The zero-order chi connectivity index (χ0) is 11.6. The van der Waals surface area contributed by atoms with Crippen LogP contribution in [0.5, 0.6) is 0 Å². The molecule has 1 aromatic rings. The first-order valence-corrected chi connectivity index (χ1v) is 6.76. The molecule has 2 nitrogen and oxygen atoms in total. The fraction of sp³-hybridized carbons (Fsp3) is 0.500. The Labute approximate surface area is 109 Å². The van der Waals surface area contributed by atoms with E-state index in [-0.39, 0.29) is 0 Å². The Bertz CT molecular complexity index is 345. The number of ether oxygens (including phenoxy) is 2. The van der Waals surface area contributed by atoms with Crippen molar-refractivity contribution in [1.82, 2.24) is 0 Å². The van der Waals surface area contributed by atoms with Crippen molar-refractivity contribution >= 4 is 27.5 Å². The summed E-state index contributed by atoms with van der Waals surface area (Å²) in [5, 5.41) is 1.34. The van der Waals surface area contributed by atoms with Crippen molar-refractivity contribution in [3.8, 4) is 0 Å². The van der Waals surface area contributed by atoms with Crippen molar-refractivity contribution < 1.29 is 9.47 Å². The normalized spacial score (nSPS) is 30.3. The highest BCUT2D eigenvalue weighted by Crippen LogP contribution is 2.34. The van der Waals surface area contributed by atoms with E-state index >= 15 is 0 Å². The highest BCUT2D eigenvalue weighted by molar-refractivity contribution is 9.09. The van der Waals surface area contributed by atoms with Gasteiger partial charge in [0.05, 0.1) is 18.5 Å².